The lowest BCUT2D eigenvalue weighted by Crippen LogP contribution is -2.44. The van der Waals surface area contributed by atoms with Crippen molar-refractivity contribution in [2.45, 2.75) is 45.3 Å². The van der Waals surface area contributed by atoms with Crippen LogP contribution in [0.15, 0.2) is 0 Å². The Morgan fingerprint density at radius 1 is 1.44 bits per heavy atom. The van der Waals surface area contributed by atoms with E-state index in [9.17, 15) is 4.79 Å². The quantitative estimate of drug-likeness (QED) is 0.738. The predicted molar refractivity (Wildman–Crippen MR) is 62.0 cm³/mol. The maximum absolute atomic E-state index is 11.9. The van der Waals surface area contributed by atoms with Gasteiger partial charge in [-0.15, -0.1) is 0 Å². The minimum Gasteiger partial charge on any atom is -0.444 e. The molecule has 4 heteroatoms. The zero-order valence-corrected chi connectivity index (χ0v) is 10.4. The SMILES string of the molecule is CC(C)(C)OC(=O)N1C[C@@H]2C[C@H]1C[C@H]2CN. The summed E-state index contributed by atoms with van der Waals surface area (Å²) in [5.41, 5.74) is 5.31. The first-order valence-electron chi connectivity index (χ1n) is 6.10. The van der Waals surface area contributed by atoms with E-state index in [0.717, 1.165) is 25.9 Å². The highest BCUT2D eigenvalue weighted by Gasteiger charge is 2.46. The number of nitrogens with zero attached hydrogens (tertiary/aromatic N) is 1. The van der Waals surface area contributed by atoms with Crippen molar-refractivity contribution >= 4 is 6.09 Å². The molecule has 92 valence electrons. The molecule has 1 amide bonds. The minimum atomic E-state index is -0.397. The number of likely N-dealkylation sites (tertiary alicyclic amines) is 1. The molecule has 1 aliphatic heterocycles. The smallest absolute Gasteiger partial charge is 0.410 e. The Balaban J connectivity index is 1.93. The number of carbonyl (C=O) groups is 1. The normalized spacial score (nSPS) is 33.2. The number of rotatable bonds is 1. The van der Waals surface area contributed by atoms with E-state index in [0.29, 0.717) is 17.9 Å². The molecule has 0 aromatic heterocycles. The van der Waals surface area contributed by atoms with Crippen molar-refractivity contribution in [2.75, 3.05) is 13.1 Å². The zero-order chi connectivity index (χ0) is 11.9. The largest absolute Gasteiger partial charge is 0.444 e. The molecule has 16 heavy (non-hydrogen) atoms. The fraction of sp³-hybridized carbons (Fsp3) is 0.917. The standard InChI is InChI=1S/C12H22N2O2/c1-12(2,3)16-11(15)14-7-9-5-10(14)4-8(9)6-13/h8-10H,4-7,13H2,1-3H3/t8-,9-,10+/m0/s1. The van der Waals surface area contributed by atoms with Crippen molar-refractivity contribution in [1.29, 1.82) is 0 Å². The molecule has 2 rings (SSSR count). The lowest BCUT2D eigenvalue weighted by Gasteiger charge is -2.32. The summed E-state index contributed by atoms with van der Waals surface area (Å²) in [4.78, 5) is 13.8. The Hall–Kier alpha value is -0.770. The Kier molecular flexibility index (Phi) is 2.86. The maximum Gasteiger partial charge on any atom is 0.410 e. The summed E-state index contributed by atoms with van der Waals surface area (Å²) in [5, 5.41) is 0. The van der Waals surface area contributed by atoms with E-state index in [4.69, 9.17) is 10.5 Å². The molecule has 4 nitrogen and oxygen atoms in total. The van der Waals surface area contributed by atoms with Crippen LogP contribution in [0, 0.1) is 11.8 Å². The van der Waals surface area contributed by atoms with Crippen molar-refractivity contribution in [3.63, 3.8) is 0 Å². The second-order valence-electron chi connectivity index (χ2n) is 6.01. The van der Waals surface area contributed by atoms with Crippen LogP contribution >= 0.6 is 0 Å². The molecule has 1 saturated heterocycles. The third-order valence-corrected chi connectivity index (χ3v) is 3.62. The molecule has 0 spiro atoms. The molecule has 1 aliphatic carbocycles. The molecule has 2 N–H and O–H groups in total. The average molecular weight is 226 g/mol. The summed E-state index contributed by atoms with van der Waals surface area (Å²) in [6.45, 7) is 7.30. The van der Waals surface area contributed by atoms with Gasteiger partial charge in [0.1, 0.15) is 5.60 Å². The Bertz CT molecular complexity index is 285. The van der Waals surface area contributed by atoms with Crippen LogP contribution in [0.5, 0.6) is 0 Å². The summed E-state index contributed by atoms with van der Waals surface area (Å²) in [6, 6.07) is 0.369. The van der Waals surface area contributed by atoms with Crippen LogP contribution < -0.4 is 5.73 Å². The molecule has 3 atom stereocenters. The van der Waals surface area contributed by atoms with Crippen LogP contribution in [0.4, 0.5) is 4.79 Å². The number of hydrogen-bond donors (Lipinski definition) is 1. The highest BCUT2D eigenvalue weighted by Crippen LogP contribution is 2.41. The van der Waals surface area contributed by atoms with Gasteiger partial charge in [0.15, 0.2) is 0 Å². The van der Waals surface area contributed by atoms with Crippen molar-refractivity contribution in [2.24, 2.45) is 17.6 Å². The average Bonchev–Trinajstić information content (AvgIpc) is 2.72. The summed E-state index contributed by atoms with van der Waals surface area (Å²) in [6.07, 6.45) is 2.01. The molecular weight excluding hydrogens is 204 g/mol. The second-order valence-corrected chi connectivity index (χ2v) is 6.01. The van der Waals surface area contributed by atoms with E-state index in [1.54, 1.807) is 0 Å². The number of nitrogens with two attached hydrogens (primary N) is 1. The van der Waals surface area contributed by atoms with Gasteiger partial charge in [-0.05, 0) is 52.0 Å². The molecule has 1 saturated carbocycles. The van der Waals surface area contributed by atoms with Gasteiger partial charge in [0.25, 0.3) is 0 Å². The van der Waals surface area contributed by atoms with Gasteiger partial charge in [-0.25, -0.2) is 4.79 Å². The third kappa shape index (κ3) is 2.17. The number of amides is 1. The number of piperidine rings is 1. The highest BCUT2D eigenvalue weighted by molar-refractivity contribution is 5.69. The third-order valence-electron chi connectivity index (χ3n) is 3.62. The topological polar surface area (TPSA) is 55.6 Å². The summed E-state index contributed by atoms with van der Waals surface area (Å²) in [7, 11) is 0. The molecule has 0 aromatic rings. The van der Waals surface area contributed by atoms with E-state index in [2.05, 4.69) is 0 Å². The summed E-state index contributed by atoms with van der Waals surface area (Å²) >= 11 is 0. The molecular formula is C12H22N2O2. The lowest BCUT2D eigenvalue weighted by molar-refractivity contribution is 0.0164. The van der Waals surface area contributed by atoms with E-state index in [1.807, 2.05) is 25.7 Å². The molecule has 2 bridgehead atoms. The van der Waals surface area contributed by atoms with Gasteiger partial charge in [-0.2, -0.15) is 0 Å². The Morgan fingerprint density at radius 3 is 2.56 bits per heavy atom. The lowest BCUT2D eigenvalue weighted by atomic mass is 9.95. The number of ether oxygens (including phenoxy) is 1. The molecule has 0 aromatic carbocycles. The van der Waals surface area contributed by atoms with Crippen molar-refractivity contribution < 1.29 is 9.53 Å². The fourth-order valence-corrected chi connectivity index (χ4v) is 2.89. The van der Waals surface area contributed by atoms with Gasteiger partial charge in [0.05, 0.1) is 0 Å². The van der Waals surface area contributed by atoms with Gasteiger partial charge >= 0.3 is 6.09 Å². The molecule has 2 fully saturated rings. The van der Waals surface area contributed by atoms with Crippen LogP contribution in [-0.4, -0.2) is 35.7 Å². The van der Waals surface area contributed by atoms with Crippen LogP contribution in [0.3, 0.4) is 0 Å². The van der Waals surface area contributed by atoms with E-state index >= 15 is 0 Å². The van der Waals surface area contributed by atoms with E-state index < -0.39 is 5.60 Å². The van der Waals surface area contributed by atoms with Crippen molar-refractivity contribution in [1.82, 2.24) is 4.90 Å². The van der Waals surface area contributed by atoms with Crippen molar-refractivity contribution in [3.05, 3.63) is 0 Å². The highest BCUT2D eigenvalue weighted by atomic mass is 16.6. The molecule has 1 heterocycles. The van der Waals surface area contributed by atoms with Crippen LogP contribution in [-0.2, 0) is 4.74 Å². The van der Waals surface area contributed by atoms with E-state index in [1.165, 1.54) is 0 Å². The predicted octanol–water partition coefficient (Wildman–Crippen LogP) is 1.59. The van der Waals surface area contributed by atoms with Gasteiger partial charge in [-0.1, -0.05) is 0 Å². The van der Waals surface area contributed by atoms with Crippen LogP contribution in [0.1, 0.15) is 33.6 Å². The summed E-state index contributed by atoms with van der Waals surface area (Å²) < 4.78 is 5.40. The molecule has 2 aliphatic rings. The Labute approximate surface area is 97.1 Å². The van der Waals surface area contributed by atoms with Gasteiger partial charge in [-0.3, -0.25) is 0 Å². The number of carbonyl (C=O) groups excluding carboxylic acids is 1. The first kappa shape index (κ1) is 11.7. The maximum atomic E-state index is 11.9. The Morgan fingerprint density at radius 2 is 2.12 bits per heavy atom. The van der Waals surface area contributed by atoms with Crippen LogP contribution in [0.2, 0.25) is 0 Å². The number of fused-ring (bicyclic) bond motifs is 2. The van der Waals surface area contributed by atoms with Gasteiger partial charge in [0.2, 0.25) is 0 Å². The first-order chi connectivity index (χ1) is 7.40. The molecule has 0 radical (unpaired) electrons. The summed E-state index contributed by atoms with van der Waals surface area (Å²) in [5.74, 6) is 1.21. The second kappa shape index (κ2) is 3.91. The zero-order valence-electron chi connectivity index (χ0n) is 10.4. The van der Waals surface area contributed by atoms with Gasteiger partial charge < -0.3 is 15.4 Å². The first-order valence-corrected chi connectivity index (χ1v) is 6.10. The van der Waals surface area contributed by atoms with E-state index in [-0.39, 0.29) is 6.09 Å². The monoisotopic (exact) mass is 226 g/mol. The number of hydrogen-bond acceptors (Lipinski definition) is 3. The fourth-order valence-electron chi connectivity index (χ4n) is 2.89. The van der Waals surface area contributed by atoms with Crippen molar-refractivity contribution in [3.8, 4) is 0 Å². The molecule has 0 unspecified atom stereocenters. The van der Waals surface area contributed by atoms with Crippen LogP contribution in [0.25, 0.3) is 0 Å². The van der Waals surface area contributed by atoms with Gasteiger partial charge in [0, 0.05) is 12.6 Å². The minimum absolute atomic E-state index is 0.157.